The molecule has 0 aliphatic rings. The molecule has 0 unspecified atom stereocenters. The Morgan fingerprint density at radius 1 is 0.333 bits per heavy atom. The molecule has 0 aliphatic carbocycles. The molecule has 0 aromatic carbocycles. The predicted molar refractivity (Wildman–Crippen MR) is 5.75 cm³/mol. The van der Waals surface area contributed by atoms with Crippen molar-refractivity contribution >= 4 is 11.0 Å². The predicted octanol–water partition coefficient (Wildman–Crippen LogP) is -0.393. The summed E-state index contributed by atoms with van der Waals surface area (Å²) < 4.78 is 0. The second-order valence-corrected chi connectivity index (χ2v) is 0. The second-order valence-electron chi connectivity index (χ2n) is 0. The van der Waals surface area contributed by atoms with Gasteiger partial charge >= 0.3 is 0 Å². The van der Waals surface area contributed by atoms with E-state index in [1.165, 1.54) is 0 Å². The van der Waals surface area contributed by atoms with Gasteiger partial charge < -0.3 is 0 Å². The van der Waals surface area contributed by atoms with Gasteiger partial charge in [-0.15, -0.1) is 0 Å². The van der Waals surface area contributed by atoms with Crippen molar-refractivity contribution in [2.45, 2.75) is 0 Å². The Kier molecular flexibility index (Phi) is 519. The fourth-order valence-corrected chi connectivity index (χ4v) is 0. The quantitative estimate of drug-likeness (QED) is 0.525. The molecule has 0 fully saturated rings. The summed E-state index contributed by atoms with van der Waals surface area (Å²) in [4.78, 5) is 0. The summed E-state index contributed by atoms with van der Waals surface area (Å²) in [5, 5.41) is 0. The van der Waals surface area contributed by atoms with Crippen LogP contribution in [-0.4, -0.2) is 11.0 Å². The van der Waals surface area contributed by atoms with Crippen molar-refractivity contribution in [1.29, 1.82) is 0 Å². The molecule has 59 valence electrons. The van der Waals surface area contributed by atoms with E-state index in [-0.39, 0.29) is 96.3 Å². The van der Waals surface area contributed by atoms with Gasteiger partial charge in [-0.25, -0.2) is 0 Å². The third-order valence-corrected chi connectivity index (χ3v) is 0. The fraction of sp³-hybridized carbons (Fsp3) is 0. The molecule has 0 aromatic heterocycles. The van der Waals surface area contributed by atoms with Crippen LogP contribution in [0.4, 0.5) is 0 Å². The van der Waals surface area contributed by atoms with Crippen LogP contribution in [0, 0.1) is 0 Å². The van der Waals surface area contributed by atoms with Gasteiger partial charge in [0.25, 0.3) is 0 Å². The average Bonchev–Trinajstić information content (AvgIpc) is 0. The molecule has 0 N–H and O–H groups in total. The molecular formula is Cu5Si. The van der Waals surface area contributed by atoms with Crippen molar-refractivity contribution in [1.82, 2.24) is 0 Å². The molecule has 0 rings (SSSR count). The van der Waals surface area contributed by atoms with Crippen LogP contribution in [0.3, 0.4) is 0 Å². The van der Waals surface area contributed by atoms with E-state index in [1.807, 2.05) is 0 Å². The van der Waals surface area contributed by atoms with Crippen LogP contribution in [0.5, 0.6) is 0 Å². The van der Waals surface area contributed by atoms with Gasteiger partial charge in [-0.2, -0.15) is 0 Å². The first-order chi connectivity index (χ1) is 0. The zero-order valence-corrected chi connectivity index (χ0v) is 7.72. The smallest absolute Gasteiger partial charge is 0 e. The van der Waals surface area contributed by atoms with Gasteiger partial charge in [0, 0.05) is 96.3 Å². The van der Waals surface area contributed by atoms with Crippen molar-refractivity contribution in [2.24, 2.45) is 0 Å². The molecular weight excluding hydrogens is 346 g/mol. The largest absolute Gasteiger partial charge is 0 e. The number of hydrogen-bond acceptors (Lipinski definition) is 0. The second kappa shape index (κ2) is 45.8. The molecule has 0 saturated carbocycles. The van der Waals surface area contributed by atoms with E-state index in [0.29, 0.717) is 0 Å². The first-order valence-corrected chi connectivity index (χ1v) is 0. The Bertz CT molecular complexity index is 3.90. The molecule has 0 spiro atoms. The summed E-state index contributed by atoms with van der Waals surface area (Å²) in [6, 6.07) is 0. The Hall–Kier alpha value is 2.81. The van der Waals surface area contributed by atoms with Gasteiger partial charge in [0.05, 0.1) is 0 Å². The van der Waals surface area contributed by atoms with Crippen molar-refractivity contribution in [3.8, 4) is 0 Å². The monoisotopic (exact) mass is 343 g/mol. The molecule has 0 nitrogen and oxygen atoms in total. The van der Waals surface area contributed by atoms with Gasteiger partial charge in [-0.05, 0) is 0 Å². The molecule has 0 amide bonds. The molecule has 0 aliphatic heterocycles. The minimum Gasteiger partial charge on any atom is 0 e. The molecule has 0 aromatic rings. The van der Waals surface area contributed by atoms with E-state index in [9.17, 15) is 0 Å². The van der Waals surface area contributed by atoms with E-state index in [1.54, 1.807) is 0 Å². The van der Waals surface area contributed by atoms with Crippen LogP contribution in [0.2, 0.25) is 0 Å². The maximum Gasteiger partial charge on any atom is 0 e. The van der Waals surface area contributed by atoms with Crippen LogP contribution in [0.25, 0.3) is 0 Å². The molecule has 0 atom stereocenters. The molecule has 0 saturated heterocycles. The van der Waals surface area contributed by atoms with Crippen LogP contribution in [-0.2, 0) is 85.3 Å². The van der Waals surface area contributed by atoms with Gasteiger partial charge in [0.1, 0.15) is 0 Å². The average molecular weight is 346 g/mol. The van der Waals surface area contributed by atoms with Crippen LogP contribution in [0.1, 0.15) is 0 Å². The zero-order valence-electron chi connectivity index (χ0n) is 2.01. The van der Waals surface area contributed by atoms with Gasteiger partial charge in [0.2, 0.25) is 0 Å². The molecule has 9 radical (unpaired) electrons. The van der Waals surface area contributed by atoms with Crippen molar-refractivity contribution < 1.29 is 85.3 Å². The van der Waals surface area contributed by atoms with Crippen LogP contribution < -0.4 is 0 Å². The van der Waals surface area contributed by atoms with E-state index < -0.39 is 0 Å². The standard InChI is InChI=1S/5Cu.Si. The Morgan fingerprint density at radius 2 is 0.333 bits per heavy atom. The van der Waals surface area contributed by atoms with E-state index in [4.69, 9.17) is 0 Å². The van der Waals surface area contributed by atoms with E-state index >= 15 is 0 Å². The first-order valence-electron chi connectivity index (χ1n) is 0. The molecule has 0 heterocycles. The van der Waals surface area contributed by atoms with Crippen molar-refractivity contribution in [2.75, 3.05) is 0 Å². The van der Waals surface area contributed by atoms with Crippen LogP contribution in [0.15, 0.2) is 0 Å². The van der Waals surface area contributed by atoms with Crippen molar-refractivity contribution in [3.63, 3.8) is 0 Å². The van der Waals surface area contributed by atoms with Gasteiger partial charge in [0.15, 0.2) is 0 Å². The van der Waals surface area contributed by atoms with Gasteiger partial charge in [-0.1, -0.05) is 0 Å². The van der Waals surface area contributed by atoms with E-state index in [0.717, 1.165) is 0 Å². The molecule has 0 bridgehead atoms. The topological polar surface area (TPSA) is 0 Å². The number of rotatable bonds is 0. The first kappa shape index (κ1) is 68.0. The SMILES string of the molecule is [Cu].[Cu].[Cu].[Cu].[Cu].[Si]. The fourth-order valence-electron chi connectivity index (χ4n) is 0. The Labute approximate surface area is 95.1 Å². The maximum atomic E-state index is 0. The summed E-state index contributed by atoms with van der Waals surface area (Å²) in [7, 11) is 0. The zero-order chi connectivity index (χ0) is 0. The summed E-state index contributed by atoms with van der Waals surface area (Å²) in [6.45, 7) is 0. The number of hydrogen-bond donors (Lipinski definition) is 0. The minimum atomic E-state index is 0. The Morgan fingerprint density at radius 3 is 0.333 bits per heavy atom. The molecule has 6 heteroatoms. The van der Waals surface area contributed by atoms with Gasteiger partial charge in [-0.3, -0.25) is 0 Å². The normalized spacial score (nSPS) is 0. The summed E-state index contributed by atoms with van der Waals surface area (Å²) in [5.41, 5.74) is 0. The summed E-state index contributed by atoms with van der Waals surface area (Å²) >= 11 is 0. The Balaban J connectivity index is 0. The third kappa shape index (κ3) is 29.1. The summed E-state index contributed by atoms with van der Waals surface area (Å²) in [5.74, 6) is 0. The maximum absolute atomic E-state index is 0. The van der Waals surface area contributed by atoms with E-state index in [2.05, 4.69) is 0 Å². The summed E-state index contributed by atoms with van der Waals surface area (Å²) in [6.07, 6.45) is 0. The molecule has 6 heavy (non-hydrogen) atoms. The van der Waals surface area contributed by atoms with Crippen molar-refractivity contribution in [3.05, 3.63) is 0 Å². The third-order valence-electron chi connectivity index (χ3n) is 0. The minimum absolute atomic E-state index is 0. The van der Waals surface area contributed by atoms with Crippen LogP contribution >= 0.6 is 0 Å².